The van der Waals surface area contributed by atoms with E-state index >= 15 is 0 Å². The lowest BCUT2D eigenvalue weighted by molar-refractivity contribution is -0.134. The standard InChI is InChI=1S/C15H13NO4/c1-19-12-4-3-10-7-11(9-17)13(16-14(10)8-12)5-6-15(18)20-2/h3-9H,1-2H3/b6-5+. The van der Waals surface area contributed by atoms with Gasteiger partial charge < -0.3 is 9.47 Å². The van der Waals surface area contributed by atoms with E-state index in [9.17, 15) is 9.59 Å². The van der Waals surface area contributed by atoms with Crippen molar-refractivity contribution in [2.24, 2.45) is 0 Å². The highest BCUT2D eigenvalue weighted by atomic mass is 16.5. The van der Waals surface area contributed by atoms with E-state index in [1.807, 2.05) is 6.07 Å². The second-order valence-corrected chi connectivity index (χ2v) is 4.00. The van der Waals surface area contributed by atoms with Crippen molar-refractivity contribution in [3.8, 4) is 5.75 Å². The minimum absolute atomic E-state index is 0.405. The van der Waals surface area contributed by atoms with Crippen LogP contribution in [0.2, 0.25) is 0 Å². The first-order valence-electron chi connectivity index (χ1n) is 5.88. The molecule has 20 heavy (non-hydrogen) atoms. The van der Waals surface area contributed by atoms with Crippen molar-refractivity contribution in [1.82, 2.24) is 4.98 Å². The molecule has 0 fully saturated rings. The molecule has 0 aliphatic heterocycles. The predicted octanol–water partition coefficient (Wildman–Crippen LogP) is 2.24. The number of aldehydes is 1. The van der Waals surface area contributed by atoms with E-state index in [0.29, 0.717) is 28.8 Å². The molecule has 0 spiro atoms. The molecule has 0 radical (unpaired) electrons. The summed E-state index contributed by atoms with van der Waals surface area (Å²) in [5.41, 5.74) is 1.49. The zero-order chi connectivity index (χ0) is 14.5. The summed E-state index contributed by atoms with van der Waals surface area (Å²) in [6.45, 7) is 0. The molecule has 0 saturated carbocycles. The minimum atomic E-state index is -0.505. The molecule has 0 unspecified atom stereocenters. The van der Waals surface area contributed by atoms with Crippen molar-refractivity contribution < 1.29 is 19.1 Å². The summed E-state index contributed by atoms with van der Waals surface area (Å²) in [7, 11) is 2.85. The van der Waals surface area contributed by atoms with Crippen LogP contribution in [0.15, 0.2) is 30.3 Å². The second-order valence-electron chi connectivity index (χ2n) is 4.00. The number of ether oxygens (including phenoxy) is 2. The topological polar surface area (TPSA) is 65.5 Å². The predicted molar refractivity (Wildman–Crippen MR) is 74.7 cm³/mol. The van der Waals surface area contributed by atoms with Gasteiger partial charge in [0, 0.05) is 23.1 Å². The molecular weight excluding hydrogens is 258 g/mol. The Labute approximate surface area is 115 Å². The van der Waals surface area contributed by atoms with Gasteiger partial charge in [-0.15, -0.1) is 0 Å². The Hall–Kier alpha value is -2.69. The molecule has 2 rings (SSSR count). The largest absolute Gasteiger partial charge is 0.497 e. The zero-order valence-electron chi connectivity index (χ0n) is 11.1. The minimum Gasteiger partial charge on any atom is -0.497 e. The van der Waals surface area contributed by atoms with Gasteiger partial charge >= 0.3 is 5.97 Å². The molecule has 1 aromatic heterocycles. The van der Waals surface area contributed by atoms with Gasteiger partial charge in [0.1, 0.15) is 5.75 Å². The number of esters is 1. The molecule has 5 heteroatoms. The Kier molecular flexibility index (Phi) is 4.10. The Bertz CT molecular complexity index is 692. The van der Waals surface area contributed by atoms with Gasteiger partial charge in [0.2, 0.25) is 0 Å². The van der Waals surface area contributed by atoms with Crippen molar-refractivity contribution in [3.63, 3.8) is 0 Å². The number of pyridine rings is 1. The maximum atomic E-state index is 11.1. The average Bonchev–Trinajstić information content (AvgIpc) is 2.50. The summed E-state index contributed by atoms with van der Waals surface area (Å²) in [5.74, 6) is 0.168. The lowest BCUT2D eigenvalue weighted by atomic mass is 10.1. The molecule has 0 saturated heterocycles. The number of carbonyl (C=O) groups is 2. The van der Waals surface area contributed by atoms with Gasteiger partial charge in [-0.25, -0.2) is 9.78 Å². The average molecular weight is 271 g/mol. The molecule has 0 atom stereocenters. The van der Waals surface area contributed by atoms with Crippen LogP contribution in [0.25, 0.3) is 17.0 Å². The first kappa shape index (κ1) is 13.7. The number of carbonyl (C=O) groups excluding carboxylic acids is 2. The summed E-state index contributed by atoms with van der Waals surface area (Å²) >= 11 is 0. The first-order valence-corrected chi connectivity index (χ1v) is 5.88. The smallest absolute Gasteiger partial charge is 0.330 e. The highest BCUT2D eigenvalue weighted by molar-refractivity contribution is 5.93. The third-order valence-corrected chi connectivity index (χ3v) is 2.79. The SMILES string of the molecule is COC(=O)/C=C/c1nc2cc(OC)ccc2cc1C=O. The molecule has 5 nitrogen and oxygen atoms in total. The molecule has 2 aromatic rings. The van der Waals surface area contributed by atoms with Gasteiger partial charge in [0.15, 0.2) is 6.29 Å². The number of methoxy groups -OCH3 is 2. The molecule has 0 amide bonds. The van der Waals surface area contributed by atoms with Crippen LogP contribution in [0.3, 0.4) is 0 Å². The van der Waals surface area contributed by atoms with E-state index in [1.165, 1.54) is 19.3 Å². The summed E-state index contributed by atoms with van der Waals surface area (Å²) < 4.78 is 9.64. The van der Waals surface area contributed by atoms with E-state index in [1.54, 1.807) is 25.3 Å². The maximum absolute atomic E-state index is 11.1. The number of benzene rings is 1. The normalized spacial score (nSPS) is 10.7. The van der Waals surface area contributed by atoms with E-state index in [0.717, 1.165) is 5.39 Å². The van der Waals surface area contributed by atoms with Crippen molar-refractivity contribution in [2.75, 3.05) is 14.2 Å². The lowest BCUT2D eigenvalue weighted by Gasteiger charge is -2.05. The molecule has 0 N–H and O–H groups in total. The van der Waals surface area contributed by atoms with Gasteiger partial charge in [-0.1, -0.05) is 0 Å². The van der Waals surface area contributed by atoms with Crippen LogP contribution in [0.5, 0.6) is 5.75 Å². The number of hydrogen-bond donors (Lipinski definition) is 0. The maximum Gasteiger partial charge on any atom is 0.330 e. The Morgan fingerprint density at radius 1 is 1.25 bits per heavy atom. The quantitative estimate of drug-likeness (QED) is 0.484. The number of rotatable bonds is 4. The van der Waals surface area contributed by atoms with Gasteiger partial charge in [-0.05, 0) is 24.3 Å². The third kappa shape index (κ3) is 2.83. The number of hydrogen-bond acceptors (Lipinski definition) is 5. The van der Waals surface area contributed by atoms with Crippen LogP contribution in [-0.4, -0.2) is 31.5 Å². The molecule has 0 aliphatic carbocycles. The van der Waals surface area contributed by atoms with E-state index in [4.69, 9.17) is 4.74 Å². The monoisotopic (exact) mass is 271 g/mol. The Balaban J connectivity index is 2.54. The summed E-state index contributed by atoms with van der Waals surface area (Å²) in [6.07, 6.45) is 3.38. The number of aromatic nitrogens is 1. The van der Waals surface area contributed by atoms with Gasteiger partial charge in [-0.3, -0.25) is 4.79 Å². The molecule has 102 valence electrons. The molecular formula is C15H13NO4. The van der Waals surface area contributed by atoms with Crippen LogP contribution in [0, 0.1) is 0 Å². The number of nitrogens with zero attached hydrogens (tertiary/aromatic N) is 1. The highest BCUT2D eigenvalue weighted by Gasteiger charge is 2.06. The Morgan fingerprint density at radius 2 is 2.05 bits per heavy atom. The van der Waals surface area contributed by atoms with Crippen LogP contribution in [-0.2, 0) is 9.53 Å². The molecule has 0 bridgehead atoms. The summed E-state index contributed by atoms with van der Waals surface area (Å²) in [5, 5.41) is 0.822. The fourth-order valence-electron chi connectivity index (χ4n) is 1.75. The van der Waals surface area contributed by atoms with Crippen molar-refractivity contribution >= 4 is 29.2 Å². The Morgan fingerprint density at radius 3 is 2.70 bits per heavy atom. The fourth-order valence-corrected chi connectivity index (χ4v) is 1.75. The van der Waals surface area contributed by atoms with Crippen LogP contribution >= 0.6 is 0 Å². The van der Waals surface area contributed by atoms with E-state index < -0.39 is 5.97 Å². The first-order chi connectivity index (χ1) is 9.67. The van der Waals surface area contributed by atoms with Gasteiger partial charge in [-0.2, -0.15) is 0 Å². The van der Waals surface area contributed by atoms with Gasteiger partial charge in [0.05, 0.1) is 25.4 Å². The molecule has 1 aromatic carbocycles. The summed E-state index contributed by atoms with van der Waals surface area (Å²) in [6, 6.07) is 7.09. The van der Waals surface area contributed by atoms with Crippen molar-refractivity contribution in [1.29, 1.82) is 0 Å². The van der Waals surface area contributed by atoms with Gasteiger partial charge in [0.25, 0.3) is 0 Å². The molecule has 1 heterocycles. The van der Waals surface area contributed by atoms with Crippen LogP contribution in [0.1, 0.15) is 16.1 Å². The zero-order valence-corrected chi connectivity index (χ0v) is 11.1. The highest BCUT2D eigenvalue weighted by Crippen LogP contribution is 2.21. The van der Waals surface area contributed by atoms with Crippen LogP contribution in [0.4, 0.5) is 0 Å². The second kappa shape index (κ2) is 5.97. The van der Waals surface area contributed by atoms with E-state index in [-0.39, 0.29) is 0 Å². The van der Waals surface area contributed by atoms with E-state index in [2.05, 4.69) is 9.72 Å². The van der Waals surface area contributed by atoms with Crippen molar-refractivity contribution in [3.05, 3.63) is 41.6 Å². The fraction of sp³-hybridized carbons (Fsp3) is 0.133. The molecule has 0 aliphatic rings. The van der Waals surface area contributed by atoms with Crippen molar-refractivity contribution in [2.45, 2.75) is 0 Å². The lowest BCUT2D eigenvalue weighted by Crippen LogP contribution is -1.96. The third-order valence-electron chi connectivity index (χ3n) is 2.79. The summed E-state index contributed by atoms with van der Waals surface area (Å²) in [4.78, 5) is 26.6. The van der Waals surface area contributed by atoms with Crippen LogP contribution < -0.4 is 4.74 Å². The number of fused-ring (bicyclic) bond motifs is 1.